The molecule has 0 spiro atoms. The summed E-state index contributed by atoms with van der Waals surface area (Å²) in [6, 6.07) is 12.3. The predicted octanol–water partition coefficient (Wildman–Crippen LogP) is 5.51. The molecular weight excluding hydrogens is 590 g/mol. The Balaban J connectivity index is 1.78. The summed E-state index contributed by atoms with van der Waals surface area (Å²) < 4.78 is 18.0. The standard InChI is InChI=1S/C31H34BrN3O6/c1-5-40-25-12-20(22(32)13-26(25)41-17-18-6-8-19(9-7-18)30(37)38)27-21(16-33)29(34)35(10-11-39-4)23-14-31(2,3)15-24(36)28(23)27/h6-9,12-13,27H,5,10-11,14-15,17,34H2,1-4H3,(H,37,38)/t27-/m1/s1. The molecule has 10 heteroatoms. The molecule has 2 aliphatic rings. The van der Waals surface area contributed by atoms with E-state index in [1.807, 2.05) is 11.8 Å². The summed E-state index contributed by atoms with van der Waals surface area (Å²) in [4.78, 5) is 26.8. The number of hydrogen-bond donors (Lipinski definition) is 2. The number of aromatic carboxylic acids is 1. The van der Waals surface area contributed by atoms with Crippen molar-refractivity contribution in [2.45, 2.75) is 46.1 Å². The van der Waals surface area contributed by atoms with Crippen molar-refractivity contribution in [3.8, 4) is 17.6 Å². The highest BCUT2D eigenvalue weighted by atomic mass is 79.9. The zero-order chi connectivity index (χ0) is 29.9. The summed E-state index contributed by atoms with van der Waals surface area (Å²) in [5.41, 5.74) is 9.72. The summed E-state index contributed by atoms with van der Waals surface area (Å²) in [5, 5.41) is 19.5. The minimum atomic E-state index is -0.996. The molecule has 1 heterocycles. The molecular formula is C31H34BrN3O6. The second-order valence-electron chi connectivity index (χ2n) is 10.8. The molecule has 0 bridgehead atoms. The van der Waals surface area contributed by atoms with Crippen LogP contribution in [0.1, 0.15) is 61.0 Å². The highest BCUT2D eigenvalue weighted by molar-refractivity contribution is 9.10. The Morgan fingerprint density at radius 3 is 2.49 bits per heavy atom. The van der Waals surface area contributed by atoms with Gasteiger partial charge in [0, 0.05) is 35.8 Å². The lowest BCUT2D eigenvalue weighted by atomic mass is 9.68. The van der Waals surface area contributed by atoms with Crippen LogP contribution in [0, 0.1) is 16.7 Å². The van der Waals surface area contributed by atoms with E-state index in [4.69, 9.17) is 25.1 Å². The second-order valence-corrected chi connectivity index (χ2v) is 11.7. The van der Waals surface area contributed by atoms with Crippen molar-refractivity contribution in [1.82, 2.24) is 4.90 Å². The van der Waals surface area contributed by atoms with Gasteiger partial charge in [0.05, 0.1) is 36.3 Å². The Labute approximate surface area is 248 Å². The van der Waals surface area contributed by atoms with Gasteiger partial charge in [-0.3, -0.25) is 4.79 Å². The Kier molecular flexibility index (Phi) is 9.10. The monoisotopic (exact) mass is 623 g/mol. The van der Waals surface area contributed by atoms with Gasteiger partial charge in [-0.25, -0.2) is 4.79 Å². The first kappa shape index (κ1) is 30.2. The number of carbonyl (C=O) groups excluding carboxylic acids is 1. The molecule has 1 aliphatic heterocycles. The van der Waals surface area contributed by atoms with Crippen LogP contribution in [-0.2, 0) is 16.1 Å². The molecule has 2 aromatic rings. The molecule has 0 saturated heterocycles. The van der Waals surface area contributed by atoms with Crippen LogP contribution < -0.4 is 15.2 Å². The van der Waals surface area contributed by atoms with Gasteiger partial charge < -0.3 is 30.0 Å². The van der Waals surface area contributed by atoms with Gasteiger partial charge in [0.2, 0.25) is 0 Å². The first-order valence-electron chi connectivity index (χ1n) is 13.3. The SMILES string of the molecule is CCOc1cc([C@@H]2C(C#N)=C(N)N(CCOC)C3=C2C(=O)CC(C)(C)C3)c(Br)cc1OCc1ccc(C(=O)O)cc1. The molecule has 9 nitrogen and oxygen atoms in total. The van der Waals surface area contributed by atoms with E-state index in [1.165, 1.54) is 12.1 Å². The number of carboxylic acids is 1. The number of methoxy groups -OCH3 is 1. The Hall–Kier alpha value is -3.81. The van der Waals surface area contributed by atoms with Crippen molar-refractivity contribution in [2.24, 2.45) is 11.1 Å². The Morgan fingerprint density at radius 1 is 1.20 bits per heavy atom. The number of benzene rings is 2. The molecule has 0 amide bonds. The van der Waals surface area contributed by atoms with Crippen LogP contribution in [-0.4, -0.2) is 48.6 Å². The number of hydrogen-bond acceptors (Lipinski definition) is 8. The van der Waals surface area contributed by atoms with E-state index >= 15 is 0 Å². The van der Waals surface area contributed by atoms with Crippen LogP contribution >= 0.6 is 15.9 Å². The highest BCUT2D eigenvalue weighted by Crippen LogP contribution is 2.51. The lowest BCUT2D eigenvalue weighted by molar-refractivity contribution is -0.118. The quantitative estimate of drug-likeness (QED) is 0.351. The summed E-state index contributed by atoms with van der Waals surface area (Å²) in [5.74, 6) is -0.458. The minimum Gasteiger partial charge on any atom is -0.490 e. The van der Waals surface area contributed by atoms with Crippen LogP contribution in [0.25, 0.3) is 0 Å². The maximum atomic E-state index is 13.7. The number of halogens is 1. The second kappa shape index (κ2) is 12.4. The molecule has 2 aromatic carbocycles. The number of ketones is 1. The fourth-order valence-electron chi connectivity index (χ4n) is 5.38. The van der Waals surface area contributed by atoms with Gasteiger partial charge in [0.15, 0.2) is 17.3 Å². The number of allylic oxidation sites excluding steroid dienone is 3. The van der Waals surface area contributed by atoms with E-state index in [2.05, 4.69) is 35.8 Å². The number of nitriles is 1. The molecule has 0 aromatic heterocycles. The molecule has 0 fully saturated rings. The lowest BCUT2D eigenvalue weighted by Crippen LogP contribution is -2.43. The minimum absolute atomic E-state index is 0.0149. The van der Waals surface area contributed by atoms with E-state index in [0.717, 1.165) is 11.3 Å². The average molecular weight is 625 g/mol. The highest BCUT2D eigenvalue weighted by Gasteiger charge is 2.44. The van der Waals surface area contributed by atoms with Gasteiger partial charge >= 0.3 is 5.97 Å². The topological polar surface area (TPSA) is 135 Å². The first-order chi connectivity index (χ1) is 19.5. The molecule has 41 heavy (non-hydrogen) atoms. The van der Waals surface area contributed by atoms with Gasteiger partial charge in [0.1, 0.15) is 12.4 Å². The largest absolute Gasteiger partial charge is 0.490 e. The summed E-state index contributed by atoms with van der Waals surface area (Å²) in [7, 11) is 1.60. The number of carboxylic acid groups (broad SMARTS) is 1. The fraction of sp³-hybridized carbons (Fsp3) is 0.387. The van der Waals surface area contributed by atoms with Crippen LogP contribution in [0.2, 0.25) is 0 Å². The van der Waals surface area contributed by atoms with Crippen molar-refractivity contribution >= 4 is 27.7 Å². The van der Waals surface area contributed by atoms with E-state index in [1.54, 1.807) is 31.4 Å². The van der Waals surface area contributed by atoms with Crippen LogP contribution in [0.5, 0.6) is 11.5 Å². The van der Waals surface area contributed by atoms with E-state index in [0.29, 0.717) is 71.1 Å². The molecule has 0 saturated carbocycles. The average Bonchev–Trinajstić information content (AvgIpc) is 2.92. The maximum Gasteiger partial charge on any atom is 0.335 e. The summed E-state index contributed by atoms with van der Waals surface area (Å²) in [6.07, 6.45) is 0.988. The maximum absolute atomic E-state index is 13.7. The zero-order valence-corrected chi connectivity index (χ0v) is 25.2. The third-order valence-corrected chi connectivity index (χ3v) is 7.96. The molecule has 1 atom stereocenters. The van der Waals surface area contributed by atoms with Crippen LogP contribution in [0.4, 0.5) is 0 Å². The molecule has 3 N–H and O–H groups in total. The van der Waals surface area contributed by atoms with Crippen molar-refractivity contribution in [3.63, 3.8) is 0 Å². The number of ether oxygens (including phenoxy) is 3. The molecule has 216 valence electrons. The normalized spacial score (nSPS) is 18.2. The fourth-order valence-corrected chi connectivity index (χ4v) is 5.93. The number of nitrogens with two attached hydrogens (primary N) is 1. The number of Topliss-reactive ketones (excluding diaryl/α,β-unsaturated/α-hetero) is 1. The third-order valence-electron chi connectivity index (χ3n) is 7.27. The van der Waals surface area contributed by atoms with Crippen LogP contribution in [0.15, 0.2) is 63.5 Å². The molecule has 4 rings (SSSR count). The van der Waals surface area contributed by atoms with Gasteiger partial charge in [-0.15, -0.1) is 0 Å². The van der Waals surface area contributed by atoms with E-state index in [9.17, 15) is 14.9 Å². The number of nitrogens with zero attached hydrogens (tertiary/aromatic N) is 2. The van der Waals surface area contributed by atoms with E-state index in [-0.39, 0.29) is 23.4 Å². The van der Waals surface area contributed by atoms with Gasteiger partial charge in [-0.2, -0.15) is 5.26 Å². The van der Waals surface area contributed by atoms with Gasteiger partial charge in [-0.1, -0.05) is 41.9 Å². The third kappa shape index (κ3) is 6.26. The zero-order valence-electron chi connectivity index (χ0n) is 23.6. The first-order valence-corrected chi connectivity index (χ1v) is 14.1. The van der Waals surface area contributed by atoms with Crippen LogP contribution in [0.3, 0.4) is 0 Å². The number of carbonyl (C=O) groups is 2. The number of rotatable bonds is 10. The lowest BCUT2D eigenvalue weighted by Gasteiger charge is -2.44. The predicted molar refractivity (Wildman–Crippen MR) is 156 cm³/mol. The summed E-state index contributed by atoms with van der Waals surface area (Å²) in [6.45, 7) is 7.33. The van der Waals surface area contributed by atoms with Crippen molar-refractivity contribution in [1.29, 1.82) is 5.26 Å². The Bertz CT molecular complexity index is 1460. The molecule has 0 unspecified atom stereocenters. The van der Waals surface area contributed by atoms with E-state index < -0.39 is 11.9 Å². The van der Waals surface area contributed by atoms with Crippen molar-refractivity contribution in [2.75, 3.05) is 26.9 Å². The van der Waals surface area contributed by atoms with Gasteiger partial charge in [0.25, 0.3) is 0 Å². The summed E-state index contributed by atoms with van der Waals surface area (Å²) >= 11 is 3.67. The van der Waals surface area contributed by atoms with Gasteiger partial charge in [-0.05, 0) is 54.2 Å². The Morgan fingerprint density at radius 2 is 1.88 bits per heavy atom. The van der Waals surface area contributed by atoms with Crippen molar-refractivity contribution in [3.05, 3.63) is 80.2 Å². The molecule has 0 radical (unpaired) electrons. The smallest absolute Gasteiger partial charge is 0.335 e. The van der Waals surface area contributed by atoms with Crippen molar-refractivity contribution < 1.29 is 28.9 Å². The molecule has 1 aliphatic carbocycles.